The van der Waals surface area contributed by atoms with Gasteiger partial charge in [-0.2, -0.15) is 16.6 Å². The van der Waals surface area contributed by atoms with Crippen molar-refractivity contribution in [2.45, 2.75) is 6.54 Å². The summed E-state index contributed by atoms with van der Waals surface area (Å²) in [6.07, 6.45) is 0. The summed E-state index contributed by atoms with van der Waals surface area (Å²) in [4.78, 5) is 13.6. The number of carbonyl (C=O) groups is 1. The normalized spacial score (nSPS) is 9.95. The van der Waals surface area contributed by atoms with Crippen LogP contribution in [0.15, 0.2) is 35.0 Å². The molecule has 1 heterocycles. The van der Waals surface area contributed by atoms with Gasteiger partial charge in [-0.15, -0.1) is 0 Å². The number of carbonyl (C=O) groups excluding carboxylic acids is 1. The van der Waals surface area contributed by atoms with E-state index in [1.54, 1.807) is 35.4 Å². The second kappa shape index (κ2) is 7.11. The lowest BCUT2D eigenvalue weighted by Crippen LogP contribution is -2.30. The Morgan fingerprint density at radius 1 is 1.48 bits per heavy atom. The lowest BCUT2D eigenvalue weighted by molar-refractivity contribution is -0.132. The van der Waals surface area contributed by atoms with Crippen molar-refractivity contribution in [2.24, 2.45) is 0 Å². The SMILES string of the molecule is CN(Cc1ccsc1)C(=O)COc1ccc(C#N)cc1Cl. The summed E-state index contributed by atoms with van der Waals surface area (Å²) < 4.78 is 5.41. The Morgan fingerprint density at radius 3 is 2.90 bits per heavy atom. The third-order valence-corrected chi connectivity index (χ3v) is 3.87. The maximum Gasteiger partial charge on any atom is 0.260 e. The lowest BCUT2D eigenvalue weighted by atomic mass is 10.2. The number of nitriles is 1. The van der Waals surface area contributed by atoms with E-state index in [0.717, 1.165) is 5.56 Å². The van der Waals surface area contributed by atoms with Crippen LogP contribution in [0.5, 0.6) is 5.75 Å². The van der Waals surface area contributed by atoms with E-state index in [9.17, 15) is 4.79 Å². The van der Waals surface area contributed by atoms with Crippen LogP contribution < -0.4 is 4.74 Å². The molecule has 0 fully saturated rings. The molecule has 0 aliphatic rings. The van der Waals surface area contributed by atoms with Crippen LogP contribution in [0.1, 0.15) is 11.1 Å². The monoisotopic (exact) mass is 320 g/mol. The summed E-state index contributed by atoms with van der Waals surface area (Å²) in [5.41, 5.74) is 1.54. The fourth-order valence-electron chi connectivity index (χ4n) is 1.68. The van der Waals surface area contributed by atoms with Gasteiger partial charge >= 0.3 is 0 Å². The van der Waals surface area contributed by atoms with Gasteiger partial charge < -0.3 is 9.64 Å². The smallest absolute Gasteiger partial charge is 0.260 e. The van der Waals surface area contributed by atoms with Crippen molar-refractivity contribution in [2.75, 3.05) is 13.7 Å². The van der Waals surface area contributed by atoms with E-state index in [1.807, 2.05) is 22.9 Å². The van der Waals surface area contributed by atoms with Gasteiger partial charge in [0.15, 0.2) is 6.61 Å². The van der Waals surface area contributed by atoms with Gasteiger partial charge in [-0.1, -0.05) is 11.6 Å². The molecule has 1 aromatic carbocycles. The van der Waals surface area contributed by atoms with Crippen molar-refractivity contribution in [3.05, 3.63) is 51.2 Å². The van der Waals surface area contributed by atoms with Crippen LogP contribution in [0, 0.1) is 11.3 Å². The molecule has 1 aromatic heterocycles. The molecular weight excluding hydrogens is 308 g/mol. The maximum absolute atomic E-state index is 12.0. The van der Waals surface area contributed by atoms with Crippen molar-refractivity contribution < 1.29 is 9.53 Å². The summed E-state index contributed by atoms with van der Waals surface area (Å²) in [5, 5.41) is 13.1. The average Bonchev–Trinajstić information content (AvgIpc) is 2.98. The summed E-state index contributed by atoms with van der Waals surface area (Å²) in [6.45, 7) is 0.457. The predicted molar refractivity (Wildman–Crippen MR) is 82.5 cm³/mol. The summed E-state index contributed by atoms with van der Waals surface area (Å²) in [7, 11) is 1.73. The molecule has 0 bridgehead atoms. The Morgan fingerprint density at radius 2 is 2.29 bits per heavy atom. The topological polar surface area (TPSA) is 53.3 Å². The molecule has 2 rings (SSSR count). The first-order chi connectivity index (χ1) is 10.1. The number of thiophene rings is 1. The minimum atomic E-state index is -0.137. The van der Waals surface area contributed by atoms with Crippen LogP contribution in [0.25, 0.3) is 0 Å². The highest BCUT2D eigenvalue weighted by atomic mass is 35.5. The van der Waals surface area contributed by atoms with Crippen LogP contribution in [-0.2, 0) is 11.3 Å². The van der Waals surface area contributed by atoms with Crippen LogP contribution in [0.3, 0.4) is 0 Å². The molecule has 0 radical (unpaired) electrons. The van der Waals surface area contributed by atoms with Crippen LogP contribution >= 0.6 is 22.9 Å². The highest BCUT2D eigenvalue weighted by Crippen LogP contribution is 2.25. The van der Waals surface area contributed by atoms with Gasteiger partial charge in [-0.25, -0.2) is 0 Å². The number of nitrogens with zero attached hydrogens (tertiary/aromatic N) is 2. The first kappa shape index (κ1) is 15.4. The number of likely N-dealkylation sites (N-methyl/N-ethyl adjacent to an activating group) is 1. The number of rotatable bonds is 5. The van der Waals surface area contributed by atoms with Gasteiger partial charge in [-0.05, 0) is 40.6 Å². The third-order valence-electron chi connectivity index (χ3n) is 2.84. The largest absolute Gasteiger partial charge is 0.482 e. The van der Waals surface area contributed by atoms with Gasteiger partial charge in [0.2, 0.25) is 0 Å². The van der Waals surface area contributed by atoms with Crippen molar-refractivity contribution >= 4 is 28.8 Å². The molecule has 6 heteroatoms. The lowest BCUT2D eigenvalue weighted by Gasteiger charge is -2.17. The number of hydrogen-bond donors (Lipinski definition) is 0. The second-order valence-electron chi connectivity index (χ2n) is 4.43. The first-order valence-corrected chi connectivity index (χ1v) is 7.49. The summed E-state index contributed by atoms with van der Waals surface area (Å²) >= 11 is 7.58. The molecule has 0 atom stereocenters. The predicted octanol–water partition coefficient (Wildman–Crippen LogP) is 3.31. The molecule has 0 aliphatic heterocycles. The Labute approximate surface area is 132 Å². The second-order valence-corrected chi connectivity index (χ2v) is 5.61. The molecule has 0 unspecified atom stereocenters. The molecule has 4 nitrogen and oxygen atoms in total. The van der Waals surface area contributed by atoms with E-state index >= 15 is 0 Å². The van der Waals surface area contributed by atoms with Gasteiger partial charge in [0.25, 0.3) is 5.91 Å². The molecule has 0 N–H and O–H groups in total. The molecule has 2 aromatic rings. The molecule has 0 saturated carbocycles. The summed E-state index contributed by atoms with van der Waals surface area (Å²) in [6, 6.07) is 8.67. The highest BCUT2D eigenvalue weighted by Gasteiger charge is 2.12. The number of ether oxygens (including phenoxy) is 1. The molecule has 0 saturated heterocycles. The van der Waals surface area contributed by atoms with E-state index in [-0.39, 0.29) is 12.5 Å². The first-order valence-electron chi connectivity index (χ1n) is 6.17. The van der Waals surface area contributed by atoms with Gasteiger partial charge in [0, 0.05) is 13.6 Å². The molecule has 1 amide bonds. The fourth-order valence-corrected chi connectivity index (χ4v) is 2.58. The van der Waals surface area contributed by atoms with E-state index in [0.29, 0.717) is 22.9 Å². The van der Waals surface area contributed by atoms with Gasteiger partial charge in [0.05, 0.1) is 16.7 Å². The summed E-state index contributed by atoms with van der Waals surface area (Å²) in [5.74, 6) is 0.259. The number of amides is 1. The zero-order valence-electron chi connectivity index (χ0n) is 11.4. The quantitative estimate of drug-likeness (QED) is 0.849. The Hall–Kier alpha value is -2.03. The fraction of sp³-hybridized carbons (Fsp3) is 0.200. The minimum Gasteiger partial charge on any atom is -0.482 e. The third kappa shape index (κ3) is 4.22. The highest BCUT2D eigenvalue weighted by molar-refractivity contribution is 7.07. The zero-order chi connectivity index (χ0) is 15.2. The molecule has 0 spiro atoms. The molecule has 108 valence electrons. The van der Waals surface area contributed by atoms with E-state index in [1.165, 1.54) is 6.07 Å². The standard InChI is InChI=1S/C15H13ClN2O2S/c1-18(8-12-4-5-21-10-12)15(19)9-20-14-3-2-11(7-17)6-13(14)16/h2-6,10H,8-9H2,1H3. The molecular formula is C15H13ClN2O2S. The number of halogens is 1. The maximum atomic E-state index is 12.0. The minimum absolute atomic E-state index is 0.0910. The van der Waals surface area contributed by atoms with E-state index in [2.05, 4.69) is 0 Å². The Balaban J connectivity index is 1.90. The Bertz CT molecular complexity index is 665. The van der Waals surface area contributed by atoms with Crippen LogP contribution in [-0.4, -0.2) is 24.5 Å². The average molecular weight is 321 g/mol. The van der Waals surface area contributed by atoms with Crippen molar-refractivity contribution in [3.8, 4) is 11.8 Å². The van der Waals surface area contributed by atoms with Crippen molar-refractivity contribution in [3.63, 3.8) is 0 Å². The van der Waals surface area contributed by atoms with Crippen molar-refractivity contribution in [1.29, 1.82) is 5.26 Å². The number of hydrogen-bond acceptors (Lipinski definition) is 4. The molecule has 0 aliphatic carbocycles. The van der Waals surface area contributed by atoms with Gasteiger partial charge in [0.1, 0.15) is 5.75 Å². The van der Waals surface area contributed by atoms with Crippen LogP contribution in [0.4, 0.5) is 0 Å². The van der Waals surface area contributed by atoms with Crippen LogP contribution in [0.2, 0.25) is 5.02 Å². The number of benzene rings is 1. The Kier molecular flexibility index (Phi) is 5.20. The van der Waals surface area contributed by atoms with Gasteiger partial charge in [-0.3, -0.25) is 4.79 Å². The molecule has 21 heavy (non-hydrogen) atoms. The van der Waals surface area contributed by atoms with E-state index in [4.69, 9.17) is 21.6 Å². The van der Waals surface area contributed by atoms with E-state index < -0.39 is 0 Å². The zero-order valence-corrected chi connectivity index (χ0v) is 12.9. The van der Waals surface area contributed by atoms with Crippen molar-refractivity contribution in [1.82, 2.24) is 4.90 Å².